The first-order chi connectivity index (χ1) is 10.8. The lowest BCUT2D eigenvalue weighted by Crippen LogP contribution is -2.32. The van der Waals surface area contributed by atoms with Crippen molar-refractivity contribution in [1.82, 2.24) is 20.1 Å². The number of amides is 1. The summed E-state index contributed by atoms with van der Waals surface area (Å²) < 4.78 is 1.83. The second-order valence-corrected chi connectivity index (χ2v) is 7.42. The van der Waals surface area contributed by atoms with Gasteiger partial charge < -0.3 is 10.6 Å². The van der Waals surface area contributed by atoms with E-state index in [1.54, 1.807) is 6.20 Å². The van der Waals surface area contributed by atoms with Gasteiger partial charge >= 0.3 is 0 Å². The van der Waals surface area contributed by atoms with E-state index in [1.807, 2.05) is 23.2 Å². The molecule has 2 aromatic rings. The fourth-order valence-corrected chi connectivity index (χ4v) is 3.19. The zero-order chi connectivity index (χ0) is 17.0. The highest BCUT2D eigenvalue weighted by Crippen LogP contribution is 2.26. The minimum absolute atomic E-state index is 0.00936. The largest absolute Gasteiger partial charge is 0.301 e. The Balaban J connectivity index is 1.90. The van der Waals surface area contributed by atoms with Gasteiger partial charge in [-0.2, -0.15) is 5.10 Å². The third kappa shape index (κ3) is 4.62. The molecule has 126 valence electrons. The lowest BCUT2D eigenvalue weighted by molar-refractivity contribution is -0.115. The third-order valence-corrected chi connectivity index (χ3v) is 4.41. The quantitative estimate of drug-likeness (QED) is 0.851. The molecular formula is C16H25N5OS. The Bertz CT molecular complexity index is 655. The van der Waals surface area contributed by atoms with Crippen LogP contribution in [0.3, 0.4) is 0 Å². The Hall–Kier alpha value is -1.73. The van der Waals surface area contributed by atoms with Crippen LogP contribution in [0.2, 0.25) is 0 Å². The molecule has 2 rings (SSSR count). The molecule has 1 atom stereocenters. The second kappa shape index (κ2) is 7.23. The zero-order valence-corrected chi connectivity index (χ0v) is 15.2. The van der Waals surface area contributed by atoms with Crippen LogP contribution in [0.1, 0.15) is 51.5 Å². The first kappa shape index (κ1) is 17.6. The lowest BCUT2D eigenvalue weighted by atomic mass is 9.93. The van der Waals surface area contributed by atoms with Crippen molar-refractivity contribution in [1.29, 1.82) is 0 Å². The summed E-state index contributed by atoms with van der Waals surface area (Å²) in [7, 11) is 1.91. The number of nitrogens with one attached hydrogen (secondary N) is 2. The summed E-state index contributed by atoms with van der Waals surface area (Å²) in [6.07, 6.45) is 2.65. The number of aromatic nitrogens is 3. The molecule has 0 bridgehead atoms. The Morgan fingerprint density at radius 1 is 1.43 bits per heavy atom. The standard InChI is InChI=1S/C16H25N5OS/c1-6-11(12-7-8-18-21(12)5)17-9-14(22)20-15-19-13(10-23-15)16(2,3)4/h7-8,10-11,17H,6,9H2,1-5H3,(H,19,20,22)/t11-/m1/s1. The van der Waals surface area contributed by atoms with Gasteiger partial charge in [0.1, 0.15) is 0 Å². The van der Waals surface area contributed by atoms with Crippen LogP contribution >= 0.6 is 11.3 Å². The Morgan fingerprint density at radius 3 is 2.70 bits per heavy atom. The second-order valence-electron chi connectivity index (χ2n) is 6.56. The average molecular weight is 335 g/mol. The van der Waals surface area contributed by atoms with Gasteiger partial charge in [0.2, 0.25) is 5.91 Å². The first-order valence-electron chi connectivity index (χ1n) is 7.78. The molecule has 2 aromatic heterocycles. The zero-order valence-electron chi connectivity index (χ0n) is 14.4. The maximum atomic E-state index is 12.1. The number of hydrogen-bond donors (Lipinski definition) is 2. The molecule has 23 heavy (non-hydrogen) atoms. The maximum absolute atomic E-state index is 12.1. The number of nitrogens with zero attached hydrogens (tertiary/aromatic N) is 3. The van der Waals surface area contributed by atoms with Crippen molar-refractivity contribution in [3.63, 3.8) is 0 Å². The molecule has 2 N–H and O–H groups in total. The van der Waals surface area contributed by atoms with Gasteiger partial charge in [0.25, 0.3) is 0 Å². The van der Waals surface area contributed by atoms with Crippen molar-refractivity contribution in [2.45, 2.75) is 45.6 Å². The van der Waals surface area contributed by atoms with E-state index in [0.29, 0.717) is 5.13 Å². The highest BCUT2D eigenvalue weighted by molar-refractivity contribution is 7.13. The summed E-state index contributed by atoms with van der Waals surface area (Å²) in [5.41, 5.74) is 2.06. The van der Waals surface area contributed by atoms with Gasteiger partial charge in [-0.15, -0.1) is 11.3 Å². The van der Waals surface area contributed by atoms with E-state index in [0.717, 1.165) is 17.8 Å². The molecule has 0 unspecified atom stereocenters. The van der Waals surface area contributed by atoms with E-state index in [9.17, 15) is 4.79 Å². The fourth-order valence-electron chi connectivity index (χ4n) is 2.24. The predicted octanol–water partition coefficient (Wildman–Crippen LogP) is 2.85. The average Bonchev–Trinajstić information content (AvgIpc) is 3.09. The molecule has 0 radical (unpaired) electrons. The summed E-state index contributed by atoms with van der Waals surface area (Å²) in [5.74, 6) is -0.0829. The van der Waals surface area contributed by atoms with E-state index in [2.05, 4.69) is 48.4 Å². The number of thiazole rings is 1. The summed E-state index contributed by atoms with van der Waals surface area (Å²) in [4.78, 5) is 16.6. The van der Waals surface area contributed by atoms with Crippen LogP contribution in [-0.2, 0) is 17.3 Å². The maximum Gasteiger partial charge on any atom is 0.240 e. The van der Waals surface area contributed by atoms with E-state index in [4.69, 9.17) is 0 Å². The van der Waals surface area contributed by atoms with Gasteiger partial charge in [0.05, 0.1) is 17.9 Å². The number of carbonyl (C=O) groups excluding carboxylic acids is 1. The molecule has 7 heteroatoms. The van der Waals surface area contributed by atoms with Gasteiger partial charge in [-0.3, -0.25) is 9.48 Å². The molecule has 0 saturated carbocycles. The van der Waals surface area contributed by atoms with Crippen LogP contribution in [0.25, 0.3) is 0 Å². The van der Waals surface area contributed by atoms with Crippen molar-refractivity contribution < 1.29 is 4.79 Å². The highest BCUT2D eigenvalue weighted by Gasteiger charge is 2.18. The molecule has 0 aromatic carbocycles. The lowest BCUT2D eigenvalue weighted by Gasteiger charge is -2.17. The van der Waals surface area contributed by atoms with Crippen molar-refractivity contribution in [2.75, 3.05) is 11.9 Å². The van der Waals surface area contributed by atoms with Crippen molar-refractivity contribution in [3.8, 4) is 0 Å². The smallest absolute Gasteiger partial charge is 0.240 e. The fraction of sp³-hybridized carbons (Fsp3) is 0.562. The highest BCUT2D eigenvalue weighted by atomic mass is 32.1. The van der Waals surface area contributed by atoms with Crippen LogP contribution in [0.5, 0.6) is 0 Å². The Kier molecular flexibility index (Phi) is 5.54. The molecule has 0 aliphatic rings. The van der Waals surface area contributed by atoms with E-state index in [1.165, 1.54) is 11.3 Å². The van der Waals surface area contributed by atoms with E-state index in [-0.39, 0.29) is 23.9 Å². The summed E-state index contributed by atoms with van der Waals surface area (Å²) in [5, 5.41) is 12.9. The van der Waals surface area contributed by atoms with Crippen LogP contribution in [-0.4, -0.2) is 27.2 Å². The molecule has 6 nitrogen and oxygen atoms in total. The molecule has 0 spiro atoms. The van der Waals surface area contributed by atoms with Crippen LogP contribution in [0, 0.1) is 0 Å². The van der Waals surface area contributed by atoms with E-state index < -0.39 is 0 Å². The normalized spacial score (nSPS) is 13.1. The number of hydrogen-bond acceptors (Lipinski definition) is 5. The minimum atomic E-state index is -0.0829. The molecule has 0 saturated heterocycles. The molecule has 0 aliphatic carbocycles. The summed E-state index contributed by atoms with van der Waals surface area (Å²) >= 11 is 1.46. The van der Waals surface area contributed by atoms with Crippen molar-refractivity contribution in [2.24, 2.45) is 7.05 Å². The summed E-state index contributed by atoms with van der Waals surface area (Å²) in [6.45, 7) is 8.64. The molecule has 0 fully saturated rings. The Labute approximate surface area is 141 Å². The minimum Gasteiger partial charge on any atom is -0.301 e. The SMILES string of the molecule is CC[C@@H](NCC(=O)Nc1nc(C(C)(C)C)cs1)c1ccnn1C. The van der Waals surface area contributed by atoms with Crippen molar-refractivity contribution in [3.05, 3.63) is 29.0 Å². The van der Waals surface area contributed by atoms with Crippen LogP contribution in [0.15, 0.2) is 17.6 Å². The topological polar surface area (TPSA) is 71.8 Å². The van der Waals surface area contributed by atoms with Gasteiger partial charge in [-0.25, -0.2) is 4.98 Å². The first-order valence-corrected chi connectivity index (χ1v) is 8.66. The molecule has 2 heterocycles. The van der Waals surface area contributed by atoms with E-state index >= 15 is 0 Å². The van der Waals surface area contributed by atoms with Gasteiger partial charge in [-0.05, 0) is 12.5 Å². The summed E-state index contributed by atoms with van der Waals surface area (Å²) in [6, 6.07) is 2.07. The predicted molar refractivity (Wildman–Crippen MR) is 93.7 cm³/mol. The number of anilines is 1. The number of aryl methyl sites for hydroxylation is 1. The van der Waals surface area contributed by atoms with Gasteiger partial charge in [-0.1, -0.05) is 27.7 Å². The van der Waals surface area contributed by atoms with Gasteiger partial charge in [0, 0.05) is 30.1 Å². The van der Waals surface area contributed by atoms with Crippen LogP contribution in [0.4, 0.5) is 5.13 Å². The third-order valence-electron chi connectivity index (χ3n) is 3.65. The molecular weight excluding hydrogens is 310 g/mol. The molecule has 1 amide bonds. The van der Waals surface area contributed by atoms with Crippen LogP contribution < -0.4 is 10.6 Å². The van der Waals surface area contributed by atoms with Gasteiger partial charge in [0.15, 0.2) is 5.13 Å². The van der Waals surface area contributed by atoms with Crippen molar-refractivity contribution >= 4 is 22.4 Å². The number of rotatable bonds is 6. The monoisotopic (exact) mass is 335 g/mol. The molecule has 0 aliphatic heterocycles. The number of carbonyl (C=O) groups is 1. The Morgan fingerprint density at radius 2 is 2.17 bits per heavy atom.